The summed E-state index contributed by atoms with van der Waals surface area (Å²) in [6.07, 6.45) is 3.41. The summed E-state index contributed by atoms with van der Waals surface area (Å²) in [4.78, 5) is 55.0. The van der Waals surface area contributed by atoms with Crippen molar-refractivity contribution in [1.82, 2.24) is 0 Å². The highest BCUT2D eigenvalue weighted by atomic mass is 32.1. The molecule has 38 heavy (non-hydrogen) atoms. The molecule has 0 amide bonds. The molecule has 8 nitrogen and oxygen atoms in total. The van der Waals surface area contributed by atoms with Crippen LogP contribution in [0.2, 0.25) is 0 Å². The Morgan fingerprint density at radius 1 is 0.579 bits per heavy atom. The highest BCUT2D eigenvalue weighted by molar-refractivity contribution is 7.36. The molecule has 10 heteroatoms. The molecule has 5 rings (SSSR count). The number of benzene rings is 4. The van der Waals surface area contributed by atoms with Gasteiger partial charge in [-0.3, -0.25) is 19.2 Å². The van der Waals surface area contributed by atoms with Gasteiger partial charge in [-0.25, -0.2) is 0 Å². The molecule has 0 bridgehead atoms. The van der Waals surface area contributed by atoms with Gasteiger partial charge < -0.3 is 18.9 Å². The summed E-state index contributed by atoms with van der Waals surface area (Å²) in [6.45, 7) is 12.6. The van der Waals surface area contributed by atoms with E-state index < -0.39 is 21.7 Å². The zero-order valence-electron chi connectivity index (χ0n) is 20.0. The SMILES string of the molecule is C=COc1ccc(OC=C)c2c(=O)c3sc4c(=O)c5c(OCC)ccc(OC=C)c5c(=O)c4sc3c(=O)c12. The fourth-order valence-corrected chi connectivity index (χ4v) is 6.74. The van der Waals surface area contributed by atoms with E-state index in [4.69, 9.17) is 18.9 Å². The molecule has 0 aliphatic heterocycles. The van der Waals surface area contributed by atoms with Crippen LogP contribution in [0.3, 0.4) is 0 Å². The van der Waals surface area contributed by atoms with Crippen molar-refractivity contribution in [1.29, 1.82) is 0 Å². The van der Waals surface area contributed by atoms with Crippen molar-refractivity contribution in [2.45, 2.75) is 6.92 Å². The lowest BCUT2D eigenvalue weighted by Gasteiger charge is -2.12. The van der Waals surface area contributed by atoms with E-state index in [1.165, 1.54) is 24.3 Å². The van der Waals surface area contributed by atoms with Crippen LogP contribution in [-0.4, -0.2) is 6.61 Å². The third kappa shape index (κ3) is 3.65. The fraction of sp³-hybridized carbons (Fsp3) is 0.0714. The van der Waals surface area contributed by atoms with Crippen molar-refractivity contribution in [3.8, 4) is 23.0 Å². The predicted octanol–water partition coefficient (Wildman–Crippen LogP) is 5.27. The average molecular weight is 547 g/mol. The first kappa shape index (κ1) is 25.1. The van der Waals surface area contributed by atoms with Crippen LogP contribution in [-0.2, 0) is 0 Å². The number of hydrogen-bond acceptors (Lipinski definition) is 10. The molecule has 0 radical (unpaired) electrons. The lowest BCUT2D eigenvalue weighted by molar-refractivity contribution is 0.344. The Bertz CT molecular complexity index is 2060. The van der Waals surface area contributed by atoms with Crippen LogP contribution >= 0.6 is 22.7 Å². The van der Waals surface area contributed by atoms with Crippen LogP contribution in [0.25, 0.3) is 40.3 Å². The number of rotatable bonds is 8. The van der Waals surface area contributed by atoms with Gasteiger partial charge in [0, 0.05) is 0 Å². The standard InChI is InChI=1S/C28H18O8S2/c1-5-33-13-9-10-14(34-6-2)18-17(13)21(29)25-26(22(18)30)38-28-24(32)20-16(36-8-4)12-11-15(35-7-3)19(20)23(31)27(28)37-25/h5-7,9-12H,1-3,8H2,4H3. The maximum Gasteiger partial charge on any atom is 0.209 e. The number of fused-ring (bicyclic) bond motifs is 4. The summed E-state index contributed by atoms with van der Waals surface area (Å²) in [5, 5.41) is -0.0326. The van der Waals surface area contributed by atoms with E-state index in [1.807, 2.05) is 0 Å². The first-order valence-corrected chi connectivity index (χ1v) is 12.8. The zero-order chi connectivity index (χ0) is 27.1. The topological polar surface area (TPSA) is 105 Å². The third-order valence-electron chi connectivity index (χ3n) is 5.74. The van der Waals surface area contributed by atoms with Crippen molar-refractivity contribution < 1.29 is 18.9 Å². The Kier molecular flexibility index (Phi) is 6.43. The second-order valence-corrected chi connectivity index (χ2v) is 9.79. The molecule has 0 unspecified atom stereocenters. The highest BCUT2D eigenvalue weighted by Gasteiger charge is 2.24. The molecule has 0 fully saturated rings. The Morgan fingerprint density at radius 2 is 0.868 bits per heavy atom. The smallest absolute Gasteiger partial charge is 0.209 e. The molecule has 0 saturated carbocycles. The molecule has 0 saturated heterocycles. The van der Waals surface area contributed by atoms with Gasteiger partial charge >= 0.3 is 0 Å². The van der Waals surface area contributed by atoms with Crippen LogP contribution in [0, 0.1) is 0 Å². The highest BCUT2D eigenvalue weighted by Crippen LogP contribution is 2.37. The normalized spacial score (nSPS) is 11.1. The molecule has 1 heterocycles. The molecule has 0 spiro atoms. The van der Waals surface area contributed by atoms with Crippen LogP contribution in [0.1, 0.15) is 6.92 Å². The predicted molar refractivity (Wildman–Crippen MR) is 152 cm³/mol. The van der Waals surface area contributed by atoms with Gasteiger partial charge in [-0.05, 0) is 31.2 Å². The summed E-state index contributed by atoms with van der Waals surface area (Å²) in [6, 6.07) is 6.00. The summed E-state index contributed by atoms with van der Waals surface area (Å²) in [5.41, 5.74) is -2.16. The summed E-state index contributed by atoms with van der Waals surface area (Å²) in [5.74, 6) is 0.528. The van der Waals surface area contributed by atoms with E-state index in [2.05, 4.69) is 19.7 Å². The average Bonchev–Trinajstić information content (AvgIpc) is 2.91. The van der Waals surface area contributed by atoms with Gasteiger partial charge in [0.25, 0.3) is 0 Å². The van der Waals surface area contributed by atoms with E-state index in [-0.39, 0.29) is 69.9 Å². The lowest BCUT2D eigenvalue weighted by atomic mass is 10.1. The second-order valence-electron chi connectivity index (χ2n) is 7.75. The molecule has 1 aromatic heterocycles. The zero-order valence-corrected chi connectivity index (χ0v) is 21.6. The van der Waals surface area contributed by atoms with E-state index in [0.717, 1.165) is 41.5 Å². The van der Waals surface area contributed by atoms with Crippen molar-refractivity contribution in [2.75, 3.05) is 6.61 Å². The van der Waals surface area contributed by atoms with Gasteiger partial charge in [0.1, 0.15) is 23.0 Å². The first-order chi connectivity index (χ1) is 18.4. The minimum absolute atomic E-state index is 0.00378. The van der Waals surface area contributed by atoms with Crippen LogP contribution in [0.5, 0.6) is 23.0 Å². The maximum atomic E-state index is 13.8. The van der Waals surface area contributed by atoms with E-state index in [9.17, 15) is 19.2 Å². The Morgan fingerprint density at radius 3 is 1.16 bits per heavy atom. The van der Waals surface area contributed by atoms with Gasteiger partial charge in [-0.1, -0.05) is 19.7 Å². The number of hydrogen-bond donors (Lipinski definition) is 0. The quantitative estimate of drug-likeness (QED) is 0.192. The van der Waals surface area contributed by atoms with Gasteiger partial charge in [-0.2, -0.15) is 0 Å². The Hall–Kier alpha value is -4.54. The third-order valence-corrected chi connectivity index (χ3v) is 8.38. The molecule has 190 valence electrons. The Balaban J connectivity index is 2.05. The van der Waals surface area contributed by atoms with Gasteiger partial charge in [0.2, 0.25) is 21.7 Å². The minimum atomic E-state index is -0.554. The molecule has 4 aromatic carbocycles. The minimum Gasteiger partial charge on any atom is -0.493 e. The van der Waals surface area contributed by atoms with Crippen LogP contribution < -0.4 is 40.7 Å². The summed E-state index contributed by atoms with van der Waals surface area (Å²) < 4.78 is 21.9. The van der Waals surface area contributed by atoms with Gasteiger partial charge in [0.05, 0.1) is 65.7 Å². The van der Waals surface area contributed by atoms with Crippen molar-refractivity contribution in [2.24, 2.45) is 0 Å². The second kappa shape index (κ2) is 9.73. The van der Waals surface area contributed by atoms with Crippen molar-refractivity contribution in [3.05, 3.63) is 104 Å². The monoisotopic (exact) mass is 546 g/mol. The fourth-order valence-electron chi connectivity index (χ4n) is 4.31. The van der Waals surface area contributed by atoms with Crippen LogP contribution in [0.4, 0.5) is 0 Å². The lowest BCUT2D eigenvalue weighted by Crippen LogP contribution is -2.16. The molecule has 0 N–H and O–H groups in total. The molecule has 0 atom stereocenters. The van der Waals surface area contributed by atoms with Gasteiger partial charge in [0.15, 0.2) is 0 Å². The first-order valence-electron chi connectivity index (χ1n) is 11.2. The molecular formula is C28H18O8S2. The number of ether oxygens (including phenoxy) is 4. The largest absolute Gasteiger partial charge is 0.493 e. The maximum absolute atomic E-state index is 13.8. The summed E-state index contributed by atoms with van der Waals surface area (Å²) >= 11 is 1.56. The molecule has 5 aromatic rings. The van der Waals surface area contributed by atoms with Crippen molar-refractivity contribution in [3.63, 3.8) is 0 Å². The molecular weight excluding hydrogens is 528 g/mol. The van der Waals surface area contributed by atoms with E-state index >= 15 is 0 Å². The van der Waals surface area contributed by atoms with E-state index in [1.54, 1.807) is 6.92 Å². The van der Waals surface area contributed by atoms with Crippen LogP contribution in [0.15, 0.2) is 82.0 Å². The molecule has 0 aliphatic rings. The molecule has 0 aliphatic carbocycles. The summed E-state index contributed by atoms with van der Waals surface area (Å²) in [7, 11) is 0. The van der Waals surface area contributed by atoms with E-state index in [0.29, 0.717) is 0 Å². The van der Waals surface area contributed by atoms with Gasteiger partial charge in [-0.15, -0.1) is 22.7 Å². The Labute approximate surface area is 221 Å². The van der Waals surface area contributed by atoms with Crippen molar-refractivity contribution >= 4 is 63.0 Å².